The molecule has 3 saturated heterocycles. The second kappa shape index (κ2) is 36.4. The average Bonchev–Trinajstić information content (AvgIpc) is 1.54. The number of amides is 6. The Balaban J connectivity index is 0.000000147. The Hall–Kier alpha value is -9.61. The van der Waals surface area contributed by atoms with Crippen molar-refractivity contribution in [3.63, 3.8) is 0 Å². The number of nitrogens with one attached hydrogen (secondary N) is 5. The van der Waals surface area contributed by atoms with Gasteiger partial charge in [0.25, 0.3) is 0 Å². The van der Waals surface area contributed by atoms with Crippen LogP contribution in [-0.2, 0) is 103 Å². The van der Waals surface area contributed by atoms with Gasteiger partial charge in [-0.05, 0) is 161 Å². The number of anilines is 2. The van der Waals surface area contributed by atoms with Crippen molar-refractivity contribution in [3.05, 3.63) is 75.7 Å². The molecule has 29 heteroatoms. The Labute approximate surface area is 695 Å². The molecule has 4 aliphatic carbocycles. The zero-order valence-corrected chi connectivity index (χ0v) is 70.9. The molecule has 3 aromatic heterocycles. The highest BCUT2D eigenvalue weighted by atomic mass is 16.5. The van der Waals surface area contributed by atoms with E-state index in [4.69, 9.17) is 14.2 Å². The van der Waals surface area contributed by atoms with Crippen LogP contribution in [0.15, 0.2) is 36.4 Å². The predicted octanol–water partition coefficient (Wildman–Crippen LogP) is 10.4. The van der Waals surface area contributed by atoms with Gasteiger partial charge < -0.3 is 55.5 Å². The normalized spacial score (nSPS) is 26.5. The quantitative estimate of drug-likeness (QED) is 0.0596. The number of hydrogen-bond donors (Lipinski definition) is 5. The number of Topliss-reactive ketones (excluding diaryl/α,β-unsaturated/α-hetero) is 6. The fourth-order valence-electron chi connectivity index (χ4n) is 20.2. The van der Waals surface area contributed by atoms with Crippen molar-refractivity contribution in [1.82, 2.24) is 60.0 Å². The largest absolute Gasteiger partial charge is 0.388 e. The van der Waals surface area contributed by atoms with Crippen molar-refractivity contribution in [2.45, 2.75) is 285 Å². The van der Waals surface area contributed by atoms with Crippen molar-refractivity contribution in [3.8, 4) is 0 Å². The molecule has 0 radical (unpaired) electrons. The highest BCUT2D eigenvalue weighted by molar-refractivity contribution is 6.09. The minimum atomic E-state index is -0.456. The summed E-state index contributed by atoms with van der Waals surface area (Å²) in [7, 11) is 1.79. The van der Waals surface area contributed by atoms with Gasteiger partial charge in [-0.3, -0.25) is 71.6 Å². The van der Waals surface area contributed by atoms with Gasteiger partial charge in [-0.15, -0.1) is 0 Å². The maximum absolute atomic E-state index is 14.0. The Kier molecular flexibility index (Phi) is 26.2. The van der Waals surface area contributed by atoms with Gasteiger partial charge in [0.2, 0.25) is 35.4 Å². The third kappa shape index (κ3) is 18.4. The summed E-state index contributed by atoms with van der Waals surface area (Å²) < 4.78 is 22.8. The van der Waals surface area contributed by atoms with Crippen LogP contribution in [0.5, 0.6) is 0 Å². The molecule has 29 nitrogen and oxygen atoms in total. The van der Waals surface area contributed by atoms with Crippen molar-refractivity contribution in [2.75, 3.05) is 63.9 Å². The number of ether oxygens (including phenoxy) is 3. The van der Waals surface area contributed by atoms with E-state index >= 15 is 0 Å². The molecule has 9 heterocycles. The third-order valence-corrected chi connectivity index (χ3v) is 26.6. The highest BCUT2D eigenvalue weighted by Crippen LogP contribution is 2.62. The molecule has 6 aromatic rings. The SMILES string of the molecule is CCC(=O)[C@@H]1C[C@]23COCCCCC(=O)NCc4cc(CC(C)C)cc5c(C(C)=O)nn(c45)CC(=O)N1[C@@H]2C3.CCC(=O)[C@@H]1C[C@]23COCCCCC(=O)NCc4cc(NC)cc5c(C(C)=O)nn(c45)CC(=O)N1[C@@H]2C3.CCC(=O)[C@@H]1C[C@]23COCCCCC(=O)NCc4cc(NCC5CCCCC5)cc5c(C(C)=O)nn(c45)CC(=O)N1[C@@H]2C3. The maximum Gasteiger partial charge on any atom is 0.245 e. The van der Waals surface area contributed by atoms with Gasteiger partial charge >= 0.3 is 0 Å². The number of rotatable bonds is 15. The Bertz CT molecular complexity index is 4960. The molecule has 6 aliphatic heterocycles. The van der Waals surface area contributed by atoms with Crippen LogP contribution >= 0.6 is 0 Å². The fraction of sp³-hybridized carbons (Fsp3) is 0.633. The van der Waals surface area contributed by atoms with Gasteiger partial charge in [0, 0.05) is 174 Å². The molecule has 7 fully saturated rings. The summed E-state index contributed by atoms with van der Waals surface area (Å²) in [6, 6.07) is 10.4. The summed E-state index contributed by atoms with van der Waals surface area (Å²) in [4.78, 5) is 162. The second-order valence-electron chi connectivity index (χ2n) is 35.8. The molecule has 0 spiro atoms. The van der Waals surface area contributed by atoms with Gasteiger partial charge in [0.15, 0.2) is 34.7 Å². The highest BCUT2D eigenvalue weighted by Gasteiger charge is 2.69. The summed E-state index contributed by atoms with van der Waals surface area (Å²) in [6.07, 6.45) is 18.2. The van der Waals surface area contributed by atoms with E-state index in [1.54, 1.807) is 35.8 Å². The van der Waals surface area contributed by atoms with Crippen molar-refractivity contribution < 1.29 is 71.7 Å². The number of ketones is 6. The number of hydrogen-bond acceptors (Lipinski definition) is 20. The zero-order chi connectivity index (χ0) is 84.4. The summed E-state index contributed by atoms with van der Waals surface area (Å²) in [5.74, 6) is -0.0251. The number of piperidine rings is 3. The van der Waals surface area contributed by atoms with Crippen LogP contribution in [0, 0.1) is 28.1 Å². The lowest BCUT2D eigenvalue weighted by Gasteiger charge is -2.26. The molecule has 6 bridgehead atoms. The predicted molar refractivity (Wildman–Crippen MR) is 446 cm³/mol. The number of carbonyl (C=O) groups excluding carboxylic acids is 12. The van der Waals surface area contributed by atoms with Crippen molar-refractivity contribution in [2.24, 2.45) is 28.1 Å². The summed E-state index contributed by atoms with van der Waals surface area (Å²) in [6.45, 7) is 18.8. The van der Waals surface area contributed by atoms with E-state index in [1.807, 2.05) is 51.1 Å². The van der Waals surface area contributed by atoms with Crippen LogP contribution < -0.4 is 26.6 Å². The number of aromatic nitrogens is 6. The molecule has 119 heavy (non-hydrogen) atoms. The molecule has 16 rings (SSSR count). The molecule has 3 aromatic carbocycles. The van der Waals surface area contributed by atoms with Crippen LogP contribution in [-0.4, -0.2) is 204 Å². The van der Waals surface area contributed by atoms with E-state index in [0.29, 0.717) is 166 Å². The van der Waals surface area contributed by atoms with Crippen molar-refractivity contribution >= 4 is 114 Å². The van der Waals surface area contributed by atoms with Gasteiger partial charge in [0.1, 0.15) is 36.7 Å². The van der Waals surface area contributed by atoms with E-state index in [9.17, 15) is 57.5 Å². The number of benzene rings is 3. The summed E-state index contributed by atoms with van der Waals surface area (Å²) in [5.41, 5.74) is 7.51. The topological polar surface area (TPSA) is 356 Å². The molecule has 9 atom stereocenters. The average molecular weight is 1640 g/mol. The van der Waals surface area contributed by atoms with Gasteiger partial charge in [-0.25, -0.2) is 0 Å². The maximum atomic E-state index is 14.0. The minimum Gasteiger partial charge on any atom is -0.388 e. The van der Waals surface area contributed by atoms with Crippen LogP contribution in [0.2, 0.25) is 0 Å². The van der Waals surface area contributed by atoms with Crippen LogP contribution in [0.4, 0.5) is 11.4 Å². The second-order valence-corrected chi connectivity index (χ2v) is 35.8. The van der Waals surface area contributed by atoms with Crippen LogP contribution in [0.1, 0.15) is 257 Å². The first kappa shape index (κ1) is 85.8. The van der Waals surface area contributed by atoms with Crippen LogP contribution in [0.3, 0.4) is 0 Å². The molecule has 6 amide bonds. The molecule has 0 unspecified atom stereocenters. The molecular weight excluding hydrogens is 1520 g/mol. The molecule has 4 saturated carbocycles. The van der Waals surface area contributed by atoms with E-state index in [0.717, 1.165) is 91.5 Å². The zero-order valence-electron chi connectivity index (χ0n) is 70.9. The van der Waals surface area contributed by atoms with E-state index in [1.165, 1.54) is 52.9 Å². The smallest absolute Gasteiger partial charge is 0.245 e. The molecule has 10 aliphatic rings. The Morgan fingerprint density at radius 1 is 0.462 bits per heavy atom. The molecule has 5 N–H and O–H groups in total. The van der Waals surface area contributed by atoms with Gasteiger partial charge in [0.05, 0.1) is 54.5 Å². The van der Waals surface area contributed by atoms with Crippen molar-refractivity contribution in [1.29, 1.82) is 0 Å². The summed E-state index contributed by atoms with van der Waals surface area (Å²) >= 11 is 0. The van der Waals surface area contributed by atoms with E-state index in [-0.39, 0.29) is 149 Å². The Morgan fingerprint density at radius 3 is 1.17 bits per heavy atom. The first-order valence-corrected chi connectivity index (χ1v) is 43.8. The Morgan fingerprint density at radius 2 is 0.815 bits per heavy atom. The third-order valence-electron chi connectivity index (χ3n) is 26.6. The van der Waals surface area contributed by atoms with Crippen LogP contribution in [0.25, 0.3) is 32.7 Å². The number of nitrogens with zero attached hydrogens (tertiary/aromatic N) is 9. The summed E-state index contributed by atoms with van der Waals surface area (Å²) in [5, 5.41) is 31.6. The minimum absolute atomic E-state index is 0.0179. The van der Waals surface area contributed by atoms with Gasteiger partial charge in [-0.2, -0.15) is 15.3 Å². The molecule has 640 valence electrons. The van der Waals surface area contributed by atoms with Gasteiger partial charge in [-0.1, -0.05) is 59.9 Å². The lowest BCUT2D eigenvalue weighted by atomic mass is 9.89. The standard InChI is InChI=1S/C33H45N5O5.C30H40N4O5.C27H35N5O5/c1-3-27(40)26-15-33-16-28(33)38(26)30(42)19-37-32-23(18-35-29(41)11-7-8-12-43-20-33)13-24(14-25(32)31(36-37)21(2)39)34-17-22-9-5-4-6-10-22;1-5-24(36)23-13-30-14-25(30)34(23)27(38)16-33-29-21(15-31-26(37)8-6-7-9-39-17-30)11-20(10-18(2)3)12-22(29)28(32-33)19(4)35;1-4-21(34)20-11-27-12-22(27)32(20)24(36)14-31-26-17(13-29-23(35)7-5-6-8-37-15-27)9-18(28-3)10-19(26)25(30-31)16(2)33/h13-14,22,26,28,34H,3-12,15-20H2,1-2H3,(H,35,41);11-12,18,23,25H,5-10,13-17H2,1-4H3,(H,31,37);9-10,20,22,28H,4-8,11-15H2,1-3H3,(H,29,35)/t26-,28+,33-;23-,25+,30-;20-,22+,27-/m000/s1. The number of carbonyl (C=O) groups is 12. The first-order valence-electron chi connectivity index (χ1n) is 43.8. The van der Waals surface area contributed by atoms with E-state index < -0.39 is 18.1 Å². The fourth-order valence-corrected chi connectivity index (χ4v) is 20.2. The first-order chi connectivity index (χ1) is 57.2. The molecular formula is C90H120N14O15. The van der Waals surface area contributed by atoms with E-state index in [2.05, 4.69) is 61.8 Å². The lowest BCUT2D eigenvalue weighted by molar-refractivity contribution is -0.139. The monoisotopic (exact) mass is 1640 g/mol. The lowest BCUT2D eigenvalue weighted by Crippen LogP contribution is -2.44.